The van der Waals surface area contributed by atoms with E-state index in [0.29, 0.717) is 0 Å². The normalized spacial score (nSPS) is 9.65. The van der Waals surface area contributed by atoms with Crippen LogP contribution < -0.4 is 39.4 Å². The molecule has 98 valence electrons. The minimum atomic E-state index is -1.26. The van der Waals surface area contributed by atoms with Gasteiger partial charge in [-0.05, 0) is 29.8 Å². The number of hydrogen-bond donors (Lipinski definition) is 0. The zero-order valence-electron chi connectivity index (χ0n) is 11.3. The van der Waals surface area contributed by atoms with E-state index in [4.69, 9.17) is 4.74 Å². The predicted molar refractivity (Wildman–Crippen MR) is 71.1 cm³/mol. The Morgan fingerprint density at radius 3 is 2.45 bits per heavy atom. The molecule has 0 aliphatic heterocycles. The quantitative estimate of drug-likeness (QED) is 0.510. The minimum absolute atomic E-state index is 0. The van der Waals surface area contributed by atoms with Gasteiger partial charge in [-0.1, -0.05) is 12.1 Å². The zero-order valence-corrected chi connectivity index (χ0v) is 14.1. The van der Waals surface area contributed by atoms with Gasteiger partial charge in [0.2, 0.25) is 0 Å². The van der Waals surface area contributed by atoms with Gasteiger partial charge in [0, 0.05) is 16.8 Å². The molecule has 0 saturated carbocycles. The second-order valence-electron chi connectivity index (χ2n) is 3.80. The van der Waals surface area contributed by atoms with Gasteiger partial charge in [0.05, 0.1) is 18.8 Å². The number of nitrogens with zero attached hydrogens (tertiary/aromatic N) is 1. The third-order valence-corrected chi connectivity index (χ3v) is 3.56. The van der Waals surface area contributed by atoms with E-state index in [9.17, 15) is 9.90 Å². The summed E-state index contributed by atoms with van der Waals surface area (Å²) in [5.74, 6) is 0.358. The van der Waals surface area contributed by atoms with Crippen LogP contribution in [0, 0.1) is 0 Å². The molecule has 0 aliphatic rings. The third-order valence-electron chi connectivity index (χ3n) is 2.51. The van der Waals surface area contributed by atoms with Crippen LogP contribution in [0.5, 0.6) is 5.75 Å². The van der Waals surface area contributed by atoms with Crippen molar-refractivity contribution in [1.29, 1.82) is 0 Å². The van der Waals surface area contributed by atoms with Crippen LogP contribution in [-0.4, -0.2) is 18.1 Å². The Kier molecular flexibility index (Phi) is 7.09. The molecule has 0 unspecified atom stereocenters. The molecule has 0 aliphatic carbocycles. The topological polar surface area (TPSA) is 62.2 Å². The molecule has 2 rings (SSSR count). The number of benzene rings is 1. The van der Waals surface area contributed by atoms with Gasteiger partial charge < -0.3 is 14.6 Å². The number of aromatic nitrogens is 1. The van der Waals surface area contributed by atoms with E-state index in [1.165, 1.54) is 6.07 Å². The van der Waals surface area contributed by atoms with Crippen LogP contribution in [0.25, 0.3) is 0 Å². The fourth-order valence-electron chi connectivity index (χ4n) is 1.47. The van der Waals surface area contributed by atoms with Gasteiger partial charge in [0.25, 0.3) is 0 Å². The van der Waals surface area contributed by atoms with Crippen LogP contribution in [0.1, 0.15) is 16.1 Å². The molecule has 0 atom stereocenters. The van der Waals surface area contributed by atoms with Gasteiger partial charge in [-0.15, -0.1) is 11.8 Å². The Morgan fingerprint density at radius 2 is 1.95 bits per heavy atom. The number of methoxy groups -OCH3 is 1. The number of carboxylic acids is 1. The average Bonchev–Trinajstić information content (AvgIpc) is 2.46. The Labute approximate surface area is 143 Å². The average molecular weight is 297 g/mol. The molecule has 2 aromatic rings. The maximum atomic E-state index is 10.6. The fourth-order valence-corrected chi connectivity index (χ4v) is 2.29. The summed E-state index contributed by atoms with van der Waals surface area (Å²) in [6.07, 6.45) is 1.54. The summed E-state index contributed by atoms with van der Waals surface area (Å²) in [5.41, 5.74) is 1.11. The molecule has 4 nitrogen and oxygen atoms in total. The van der Waals surface area contributed by atoms with Crippen LogP contribution in [0.4, 0.5) is 0 Å². The number of carboxylic acid groups (broad SMARTS) is 1. The second kappa shape index (κ2) is 8.32. The van der Waals surface area contributed by atoms with Crippen molar-refractivity contribution in [3.8, 4) is 5.75 Å². The van der Waals surface area contributed by atoms with E-state index in [1.54, 1.807) is 31.1 Å². The van der Waals surface area contributed by atoms with E-state index >= 15 is 0 Å². The van der Waals surface area contributed by atoms with Crippen LogP contribution in [-0.2, 0) is 5.75 Å². The van der Waals surface area contributed by atoms with Crippen molar-refractivity contribution >= 4 is 17.7 Å². The number of hydrogen-bond acceptors (Lipinski definition) is 5. The summed E-state index contributed by atoms with van der Waals surface area (Å²) in [6.45, 7) is 0. The van der Waals surface area contributed by atoms with E-state index in [0.717, 1.165) is 22.0 Å². The van der Waals surface area contributed by atoms with E-state index in [2.05, 4.69) is 4.98 Å². The van der Waals surface area contributed by atoms with Crippen LogP contribution >= 0.6 is 11.8 Å². The molecule has 0 radical (unpaired) electrons. The first-order chi connectivity index (χ1) is 9.19. The summed E-state index contributed by atoms with van der Waals surface area (Å²) in [5, 5.41) is 10.6. The van der Waals surface area contributed by atoms with Gasteiger partial charge in [-0.2, -0.15) is 0 Å². The van der Waals surface area contributed by atoms with Crippen molar-refractivity contribution in [3.05, 3.63) is 53.9 Å². The number of pyridine rings is 1. The van der Waals surface area contributed by atoms with Crippen molar-refractivity contribution in [1.82, 2.24) is 4.98 Å². The summed E-state index contributed by atoms with van der Waals surface area (Å²) >= 11 is 1.59. The van der Waals surface area contributed by atoms with Crippen molar-refractivity contribution in [3.63, 3.8) is 0 Å². The molecule has 0 spiro atoms. The van der Waals surface area contributed by atoms with Gasteiger partial charge in [0.1, 0.15) is 5.75 Å². The molecular formula is C14H12NNaO3S. The van der Waals surface area contributed by atoms with E-state index in [-0.39, 0.29) is 35.3 Å². The van der Waals surface area contributed by atoms with Gasteiger partial charge in [-0.3, -0.25) is 4.98 Å². The fraction of sp³-hybridized carbons (Fsp3) is 0.143. The summed E-state index contributed by atoms with van der Waals surface area (Å²) in [4.78, 5) is 15.3. The molecule has 1 heterocycles. The molecule has 0 bridgehead atoms. The number of carbonyl (C=O) groups is 1. The maximum absolute atomic E-state index is 10.6. The van der Waals surface area contributed by atoms with Crippen molar-refractivity contribution < 1.29 is 44.2 Å². The smallest absolute Gasteiger partial charge is 0.543 e. The van der Waals surface area contributed by atoms with Crippen molar-refractivity contribution in [2.75, 3.05) is 7.11 Å². The molecule has 0 saturated heterocycles. The Morgan fingerprint density at radius 1 is 1.25 bits per heavy atom. The van der Waals surface area contributed by atoms with E-state index < -0.39 is 5.97 Å². The second-order valence-corrected chi connectivity index (χ2v) is 4.85. The number of rotatable bonds is 5. The predicted octanol–water partition coefficient (Wildman–Crippen LogP) is -1.25. The summed E-state index contributed by atoms with van der Waals surface area (Å²) in [6, 6.07) is 11.0. The van der Waals surface area contributed by atoms with Gasteiger partial charge >= 0.3 is 29.6 Å². The Bertz CT molecular complexity index is 558. The monoisotopic (exact) mass is 297 g/mol. The number of aromatic carboxylic acids is 1. The molecule has 0 fully saturated rings. The third kappa shape index (κ3) is 4.83. The standard InChI is InChI=1S/C14H13NO3S.Na/c1-18-11-4-2-10(3-5-11)9-19-12-6-7-13(14(16)17)15-8-12;/h2-8H,9H2,1H3,(H,16,17);/q;+1/p-1. The molecule has 6 heteroatoms. The zero-order chi connectivity index (χ0) is 13.7. The first kappa shape index (κ1) is 17.0. The van der Waals surface area contributed by atoms with Gasteiger partial charge in [-0.25, -0.2) is 0 Å². The number of thioether (sulfide) groups is 1. The summed E-state index contributed by atoms with van der Waals surface area (Å²) < 4.78 is 5.09. The maximum Gasteiger partial charge on any atom is 1.00 e. The molecule has 0 amide bonds. The van der Waals surface area contributed by atoms with Crippen LogP contribution in [0.2, 0.25) is 0 Å². The largest absolute Gasteiger partial charge is 1.00 e. The Balaban J connectivity index is 0.00000200. The minimum Gasteiger partial charge on any atom is -0.543 e. The molecule has 1 aromatic carbocycles. The number of carbonyl (C=O) groups excluding carboxylic acids is 1. The molecular weight excluding hydrogens is 285 g/mol. The number of ether oxygens (including phenoxy) is 1. The van der Waals surface area contributed by atoms with Crippen molar-refractivity contribution in [2.24, 2.45) is 0 Å². The van der Waals surface area contributed by atoms with Gasteiger partial charge in [0.15, 0.2) is 0 Å². The van der Waals surface area contributed by atoms with Crippen molar-refractivity contribution in [2.45, 2.75) is 10.6 Å². The first-order valence-corrected chi connectivity index (χ1v) is 6.61. The van der Waals surface area contributed by atoms with Crippen LogP contribution in [0.3, 0.4) is 0 Å². The molecule has 1 aromatic heterocycles. The SMILES string of the molecule is COc1ccc(CSc2ccc(C(=O)[O-])nc2)cc1.[Na+]. The molecule has 0 N–H and O–H groups in total. The first-order valence-electron chi connectivity index (χ1n) is 5.62. The summed E-state index contributed by atoms with van der Waals surface area (Å²) in [7, 11) is 1.63. The van der Waals surface area contributed by atoms with E-state index in [1.807, 2.05) is 24.3 Å². The Hall–Kier alpha value is -1.01. The molecule has 20 heavy (non-hydrogen) atoms. The van der Waals surface area contributed by atoms with Crippen LogP contribution in [0.15, 0.2) is 47.5 Å².